The summed E-state index contributed by atoms with van der Waals surface area (Å²) in [7, 11) is -4.56. The lowest BCUT2D eigenvalue weighted by Crippen LogP contribution is -2.35. The van der Waals surface area contributed by atoms with E-state index in [9.17, 15) is 30.8 Å². The minimum Gasteiger partial charge on any atom is -0.481 e. The molecule has 1 aromatic carbocycles. The van der Waals surface area contributed by atoms with Gasteiger partial charge in [0.05, 0.1) is 11.0 Å². The Morgan fingerprint density at radius 3 is 2.43 bits per heavy atom. The van der Waals surface area contributed by atoms with Gasteiger partial charge in [-0.2, -0.15) is 17.5 Å². The Morgan fingerprint density at radius 2 is 1.96 bits per heavy atom. The van der Waals surface area contributed by atoms with Crippen molar-refractivity contribution >= 4 is 16.0 Å². The fourth-order valence-corrected chi connectivity index (χ4v) is 3.97. The van der Waals surface area contributed by atoms with Crippen molar-refractivity contribution in [3.05, 3.63) is 29.6 Å². The van der Waals surface area contributed by atoms with Crippen molar-refractivity contribution in [2.75, 3.05) is 13.1 Å². The largest absolute Gasteiger partial charge is 0.481 e. The molecule has 1 saturated heterocycles. The van der Waals surface area contributed by atoms with Gasteiger partial charge in [0, 0.05) is 13.1 Å². The zero-order valence-corrected chi connectivity index (χ0v) is 12.7. The summed E-state index contributed by atoms with van der Waals surface area (Å²) in [5.41, 5.74) is -2.65. The molecule has 1 fully saturated rings. The molecule has 1 aliphatic rings. The van der Waals surface area contributed by atoms with E-state index < -0.39 is 50.4 Å². The van der Waals surface area contributed by atoms with Gasteiger partial charge in [-0.3, -0.25) is 4.79 Å². The molecule has 0 aromatic heterocycles. The van der Waals surface area contributed by atoms with Gasteiger partial charge in [0.15, 0.2) is 0 Å². The second-order valence-corrected chi connectivity index (χ2v) is 7.50. The minimum absolute atomic E-state index is 0.0118. The molecule has 1 heterocycles. The van der Waals surface area contributed by atoms with Gasteiger partial charge in [0.1, 0.15) is 10.7 Å². The summed E-state index contributed by atoms with van der Waals surface area (Å²) in [5, 5.41) is 9.09. The summed E-state index contributed by atoms with van der Waals surface area (Å²) in [6.07, 6.45) is -4.83. The molecular weight excluding hydrogens is 342 g/mol. The summed E-state index contributed by atoms with van der Waals surface area (Å²) in [6.45, 7) is 0.689. The number of alkyl halides is 3. The van der Waals surface area contributed by atoms with Crippen molar-refractivity contribution in [1.82, 2.24) is 4.31 Å². The number of halogens is 4. The minimum atomic E-state index is -4.82. The Morgan fingerprint density at radius 1 is 1.35 bits per heavy atom. The highest BCUT2D eigenvalue weighted by molar-refractivity contribution is 7.89. The van der Waals surface area contributed by atoms with E-state index in [-0.39, 0.29) is 19.0 Å². The fourth-order valence-electron chi connectivity index (χ4n) is 2.31. The van der Waals surface area contributed by atoms with Gasteiger partial charge in [-0.05, 0) is 31.5 Å². The maximum atomic E-state index is 13.8. The van der Waals surface area contributed by atoms with Crippen LogP contribution in [0, 0.1) is 11.2 Å². The molecule has 2 rings (SSSR count). The number of sulfonamides is 1. The van der Waals surface area contributed by atoms with Crippen LogP contribution < -0.4 is 0 Å². The monoisotopic (exact) mass is 355 g/mol. The number of aliphatic carboxylic acids is 1. The van der Waals surface area contributed by atoms with E-state index in [0.717, 1.165) is 0 Å². The van der Waals surface area contributed by atoms with Crippen LogP contribution in [0.2, 0.25) is 0 Å². The normalized spacial score (nSPS) is 23.2. The number of rotatable bonds is 3. The van der Waals surface area contributed by atoms with Crippen LogP contribution >= 0.6 is 0 Å². The number of hydrogen-bond acceptors (Lipinski definition) is 3. The molecule has 0 spiro atoms. The van der Waals surface area contributed by atoms with Crippen LogP contribution in [-0.4, -0.2) is 36.9 Å². The van der Waals surface area contributed by atoms with Crippen molar-refractivity contribution in [1.29, 1.82) is 0 Å². The molecule has 1 aromatic rings. The van der Waals surface area contributed by atoms with Gasteiger partial charge in [-0.25, -0.2) is 12.8 Å². The first-order valence-electron chi connectivity index (χ1n) is 6.48. The molecule has 1 N–H and O–H groups in total. The highest BCUT2D eigenvalue weighted by Gasteiger charge is 2.45. The zero-order valence-electron chi connectivity index (χ0n) is 11.9. The number of carboxylic acid groups (broad SMARTS) is 1. The number of benzene rings is 1. The molecule has 128 valence electrons. The van der Waals surface area contributed by atoms with Gasteiger partial charge in [0.25, 0.3) is 0 Å². The summed E-state index contributed by atoms with van der Waals surface area (Å²) < 4.78 is 77.3. The second-order valence-electron chi connectivity index (χ2n) is 5.60. The molecule has 5 nitrogen and oxygen atoms in total. The Kier molecular flexibility index (Phi) is 4.18. The van der Waals surface area contributed by atoms with Crippen molar-refractivity contribution in [3.8, 4) is 0 Å². The first-order valence-corrected chi connectivity index (χ1v) is 7.92. The van der Waals surface area contributed by atoms with Crippen molar-refractivity contribution in [3.63, 3.8) is 0 Å². The standard InChI is InChI=1S/C13H13F4NO4S/c1-12(11(19)20)4-5-18(7-12)23(21,22)10-6-8(13(15,16)17)2-3-9(10)14/h2-3,6H,4-5,7H2,1H3,(H,19,20). The lowest BCUT2D eigenvalue weighted by molar-refractivity contribution is -0.147. The van der Waals surface area contributed by atoms with Crippen LogP contribution in [-0.2, 0) is 21.0 Å². The third kappa shape index (κ3) is 3.18. The van der Waals surface area contributed by atoms with Crippen LogP contribution in [0.1, 0.15) is 18.9 Å². The lowest BCUT2D eigenvalue weighted by atomic mass is 9.90. The SMILES string of the molecule is CC1(C(=O)O)CCN(S(=O)(=O)c2cc(C(F)(F)F)ccc2F)C1. The molecule has 10 heteroatoms. The van der Waals surface area contributed by atoms with Crippen LogP contribution in [0.4, 0.5) is 17.6 Å². The van der Waals surface area contributed by atoms with Gasteiger partial charge in [-0.1, -0.05) is 0 Å². The molecule has 23 heavy (non-hydrogen) atoms. The second kappa shape index (κ2) is 5.45. The maximum absolute atomic E-state index is 13.8. The summed E-state index contributed by atoms with van der Waals surface area (Å²) in [5.74, 6) is -2.54. The van der Waals surface area contributed by atoms with E-state index in [1.54, 1.807) is 0 Å². The van der Waals surface area contributed by atoms with Crippen LogP contribution in [0.5, 0.6) is 0 Å². The van der Waals surface area contributed by atoms with E-state index in [4.69, 9.17) is 5.11 Å². The predicted molar refractivity (Wildman–Crippen MR) is 70.5 cm³/mol. The number of carboxylic acids is 1. The van der Waals surface area contributed by atoms with E-state index in [2.05, 4.69) is 0 Å². The van der Waals surface area contributed by atoms with Gasteiger partial charge in [-0.15, -0.1) is 0 Å². The molecule has 0 bridgehead atoms. The average Bonchev–Trinajstić information content (AvgIpc) is 2.82. The fraction of sp³-hybridized carbons (Fsp3) is 0.462. The molecule has 1 atom stereocenters. The van der Waals surface area contributed by atoms with E-state index in [1.807, 2.05) is 0 Å². The summed E-state index contributed by atoms with van der Waals surface area (Å²) in [4.78, 5) is 10.0. The molecular formula is C13H13F4NO4S. The highest BCUT2D eigenvalue weighted by atomic mass is 32.2. The zero-order chi connectivity index (χ0) is 17.6. The Balaban J connectivity index is 2.44. The Hall–Kier alpha value is -1.68. The molecule has 0 saturated carbocycles. The molecule has 0 radical (unpaired) electrons. The molecule has 1 aliphatic heterocycles. The molecule has 0 aliphatic carbocycles. The maximum Gasteiger partial charge on any atom is 0.416 e. The van der Waals surface area contributed by atoms with Gasteiger partial charge >= 0.3 is 12.1 Å². The van der Waals surface area contributed by atoms with Crippen LogP contribution in [0.15, 0.2) is 23.1 Å². The molecule has 0 amide bonds. The van der Waals surface area contributed by atoms with Crippen molar-refractivity contribution in [2.45, 2.75) is 24.4 Å². The summed E-state index contributed by atoms with van der Waals surface area (Å²) >= 11 is 0. The Labute approximate surface area is 129 Å². The van der Waals surface area contributed by atoms with Crippen molar-refractivity contribution in [2.24, 2.45) is 5.41 Å². The topological polar surface area (TPSA) is 74.7 Å². The number of hydrogen-bond donors (Lipinski definition) is 1. The predicted octanol–water partition coefficient (Wildman–Crippen LogP) is 2.33. The molecule has 1 unspecified atom stereocenters. The smallest absolute Gasteiger partial charge is 0.416 e. The van der Waals surface area contributed by atoms with Crippen molar-refractivity contribution < 1.29 is 35.9 Å². The quantitative estimate of drug-likeness (QED) is 0.845. The van der Waals surface area contributed by atoms with Crippen LogP contribution in [0.3, 0.4) is 0 Å². The van der Waals surface area contributed by atoms with Crippen LogP contribution in [0.25, 0.3) is 0 Å². The third-order valence-corrected chi connectivity index (χ3v) is 5.69. The van der Waals surface area contributed by atoms with E-state index in [0.29, 0.717) is 16.4 Å². The average molecular weight is 355 g/mol. The highest BCUT2D eigenvalue weighted by Crippen LogP contribution is 2.36. The lowest BCUT2D eigenvalue weighted by Gasteiger charge is -2.20. The van der Waals surface area contributed by atoms with E-state index in [1.165, 1.54) is 6.92 Å². The first-order chi connectivity index (χ1) is 10.4. The number of carbonyl (C=O) groups is 1. The first kappa shape index (κ1) is 17.7. The third-order valence-electron chi connectivity index (χ3n) is 3.83. The van der Waals surface area contributed by atoms with Gasteiger partial charge in [0.2, 0.25) is 10.0 Å². The van der Waals surface area contributed by atoms with Gasteiger partial charge < -0.3 is 5.11 Å². The van der Waals surface area contributed by atoms with E-state index >= 15 is 0 Å². The Bertz CT molecular complexity index is 747. The number of nitrogens with zero attached hydrogens (tertiary/aromatic N) is 1. The summed E-state index contributed by atoms with van der Waals surface area (Å²) in [6, 6.07) is 1.10.